The predicted octanol–water partition coefficient (Wildman–Crippen LogP) is 4.02. The van der Waals surface area contributed by atoms with Crippen molar-refractivity contribution in [2.24, 2.45) is 0 Å². The number of ether oxygens (including phenoxy) is 3. The number of rotatable bonds is 11. The molecule has 1 fully saturated rings. The van der Waals surface area contributed by atoms with Crippen molar-refractivity contribution in [1.82, 2.24) is 9.80 Å². The third-order valence-corrected chi connectivity index (χ3v) is 5.55. The third kappa shape index (κ3) is 7.41. The number of hydrogen-bond donors (Lipinski definition) is 0. The zero-order valence-corrected chi connectivity index (χ0v) is 19.6. The Hall–Kier alpha value is -3.22. The highest BCUT2D eigenvalue weighted by Crippen LogP contribution is 2.29. The summed E-state index contributed by atoms with van der Waals surface area (Å²) in [5.41, 5.74) is 0.514. The maximum absolute atomic E-state index is 12.9. The summed E-state index contributed by atoms with van der Waals surface area (Å²) in [5, 5.41) is 0. The Kier molecular flexibility index (Phi) is 9.42. The minimum atomic E-state index is -0.105. The fourth-order valence-corrected chi connectivity index (χ4v) is 3.73. The second-order valence-corrected chi connectivity index (χ2v) is 8.07. The largest absolute Gasteiger partial charge is 0.494 e. The molecule has 1 heterocycles. The first-order chi connectivity index (χ1) is 16.1. The van der Waals surface area contributed by atoms with E-state index < -0.39 is 0 Å². The summed E-state index contributed by atoms with van der Waals surface area (Å²) in [6, 6.07) is 14.7. The van der Waals surface area contributed by atoms with Crippen LogP contribution in [0, 0.1) is 0 Å². The molecule has 0 N–H and O–H groups in total. The standard InChI is InChI=1S/C26H34N2O5/c1-3-31-24-19-21(13-14-23(24)33-20-25(29)28-16-8-5-9-17-28)26(30)27(2)15-10-18-32-22-11-6-4-7-12-22/h4,6-7,11-14,19H,3,5,8-10,15-18,20H2,1-2H3. The minimum absolute atomic E-state index is 0.0187. The molecule has 1 aliphatic rings. The molecule has 1 saturated heterocycles. The van der Waals surface area contributed by atoms with E-state index in [0.29, 0.717) is 36.8 Å². The highest BCUT2D eigenvalue weighted by Gasteiger charge is 2.19. The van der Waals surface area contributed by atoms with Crippen LogP contribution in [0.2, 0.25) is 0 Å². The lowest BCUT2D eigenvalue weighted by Crippen LogP contribution is -2.38. The molecule has 7 nitrogen and oxygen atoms in total. The van der Waals surface area contributed by atoms with E-state index in [4.69, 9.17) is 14.2 Å². The van der Waals surface area contributed by atoms with E-state index in [1.165, 1.54) is 6.42 Å². The summed E-state index contributed by atoms with van der Waals surface area (Å²) in [6.07, 6.45) is 3.97. The van der Waals surface area contributed by atoms with Crippen molar-refractivity contribution in [2.45, 2.75) is 32.6 Å². The van der Waals surface area contributed by atoms with Crippen molar-refractivity contribution in [3.63, 3.8) is 0 Å². The second kappa shape index (κ2) is 12.7. The molecule has 0 spiro atoms. The molecule has 0 aromatic heterocycles. The van der Waals surface area contributed by atoms with E-state index in [1.54, 1.807) is 30.1 Å². The summed E-state index contributed by atoms with van der Waals surface area (Å²) in [7, 11) is 1.77. The Balaban J connectivity index is 1.52. The summed E-state index contributed by atoms with van der Waals surface area (Å²) in [6.45, 7) is 4.95. The fourth-order valence-electron chi connectivity index (χ4n) is 3.73. The van der Waals surface area contributed by atoms with Gasteiger partial charge in [-0.1, -0.05) is 18.2 Å². The maximum atomic E-state index is 12.9. The van der Waals surface area contributed by atoms with Gasteiger partial charge in [-0.3, -0.25) is 9.59 Å². The monoisotopic (exact) mass is 454 g/mol. The number of hydrogen-bond acceptors (Lipinski definition) is 5. The molecule has 0 radical (unpaired) electrons. The van der Waals surface area contributed by atoms with Crippen LogP contribution in [0.25, 0.3) is 0 Å². The molecule has 3 rings (SSSR count). The molecule has 2 aromatic rings. The molecular weight excluding hydrogens is 420 g/mol. The van der Waals surface area contributed by atoms with Crippen LogP contribution in [-0.2, 0) is 4.79 Å². The normalized spacial score (nSPS) is 13.3. The van der Waals surface area contributed by atoms with Crippen molar-refractivity contribution in [2.75, 3.05) is 46.5 Å². The van der Waals surface area contributed by atoms with E-state index in [2.05, 4.69) is 0 Å². The van der Waals surface area contributed by atoms with E-state index in [-0.39, 0.29) is 18.4 Å². The molecule has 7 heteroatoms. The first-order valence-corrected chi connectivity index (χ1v) is 11.7. The van der Waals surface area contributed by atoms with Crippen LogP contribution in [0.3, 0.4) is 0 Å². The van der Waals surface area contributed by atoms with Gasteiger partial charge < -0.3 is 24.0 Å². The highest BCUT2D eigenvalue weighted by atomic mass is 16.5. The summed E-state index contributed by atoms with van der Waals surface area (Å²) in [4.78, 5) is 28.8. The van der Waals surface area contributed by atoms with Gasteiger partial charge in [0.15, 0.2) is 18.1 Å². The lowest BCUT2D eigenvalue weighted by molar-refractivity contribution is -0.134. The molecule has 0 bridgehead atoms. The maximum Gasteiger partial charge on any atom is 0.260 e. The van der Waals surface area contributed by atoms with Crippen molar-refractivity contribution in [3.8, 4) is 17.2 Å². The molecule has 0 saturated carbocycles. The minimum Gasteiger partial charge on any atom is -0.494 e. The molecular formula is C26H34N2O5. The molecule has 33 heavy (non-hydrogen) atoms. The van der Waals surface area contributed by atoms with Gasteiger partial charge in [-0.25, -0.2) is 0 Å². The van der Waals surface area contributed by atoms with Crippen LogP contribution in [0.5, 0.6) is 17.2 Å². The van der Waals surface area contributed by atoms with Crippen molar-refractivity contribution in [1.29, 1.82) is 0 Å². The molecule has 2 amide bonds. The topological polar surface area (TPSA) is 68.3 Å². The van der Waals surface area contributed by atoms with Gasteiger partial charge in [-0.15, -0.1) is 0 Å². The van der Waals surface area contributed by atoms with Gasteiger partial charge in [0.05, 0.1) is 13.2 Å². The van der Waals surface area contributed by atoms with Crippen LogP contribution in [0.1, 0.15) is 43.0 Å². The Morgan fingerprint density at radius 1 is 0.939 bits per heavy atom. The lowest BCUT2D eigenvalue weighted by Gasteiger charge is -2.26. The number of para-hydroxylation sites is 1. The Morgan fingerprint density at radius 2 is 1.70 bits per heavy atom. The van der Waals surface area contributed by atoms with Crippen molar-refractivity contribution in [3.05, 3.63) is 54.1 Å². The van der Waals surface area contributed by atoms with Gasteiger partial charge in [-0.2, -0.15) is 0 Å². The zero-order valence-electron chi connectivity index (χ0n) is 19.6. The quantitative estimate of drug-likeness (QED) is 0.480. The highest BCUT2D eigenvalue weighted by molar-refractivity contribution is 5.94. The van der Waals surface area contributed by atoms with Crippen molar-refractivity contribution >= 4 is 11.8 Å². The summed E-state index contributed by atoms with van der Waals surface area (Å²) in [5.74, 6) is 1.64. The van der Waals surface area contributed by atoms with E-state index in [0.717, 1.165) is 38.1 Å². The summed E-state index contributed by atoms with van der Waals surface area (Å²) < 4.78 is 17.1. The Bertz CT molecular complexity index is 897. The summed E-state index contributed by atoms with van der Waals surface area (Å²) >= 11 is 0. The fraction of sp³-hybridized carbons (Fsp3) is 0.462. The van der Waals surface area contributed by atoms with Gasteiger partial charge in [0.25, 0.3) is 11.8 Å². The number of carbonyl (C=O) groups excluding carboxylic acids is 2. The molecule has 0 unspecified atom stereocenters. The molecule has 0 atom stereocenters. The zero-order chi connectivity index (χ0) is 23.5. The molecule has 0 aliphatic carbocycles. The van der Waals surface area contributed by atoms with Crippen LogP contribution in [-0.4, -0.2) is 68.1 Å². The second-order valence-electron chi connectivity index (χ2n) is 8.07. The van der Waals surface area contributed by atoms with E-state index in [1.807, 2.05) is 42.2 Å². The van der Waals surface area contributed by atoms with Crippen LogP contribution in [0.4, 0.5) is 0 Å². The number of nitrogens with zero attached hydrogens (tertiary/aromatic N) is 2. The molecule has 1 aliphatic heterocycles. The van der Waals surface area contributed by atoms with Crippen LogP contribution in [0.15, 0.2) is 48.5 Å². The van der Waals surface area contributed by atoms with Gasteiger partial charge in [0.1, 0.15) is 5.75 Å². The number of amides is 2. The SMILES string of the molecule is CCOc1cc(C(=O)N(C)CCCOc2ccccc2)ccc1OCC(=O)N1CCCCC1. The number of piperidine rings is 1. The molecule has 2 aromatic carbocycles. The van der Waals surface area contributed by atoms with Gasteiger partial charge in [0, 0.05) is 32.2 Å². The number of carbonyl (C=O) groups is 2. The first kappa shape index (κ1) is 24.4. The number of benzene rings is 2. The Labute approximate surface area is 196 Å². The van der Waals surface area contributed by atoms with Gasteiger partial charge in [0.2, 0.25) is 0 Å². The average molecular weight is 455 g/mol. The first-order valence-electron chi connectivity index (χ1n) is 11.7. The van der Waals surface area contributed by atoms with Gasteiger partial charge in [-0.05, 0) is 62.9 Å². The molecule has 178 valence electrons. The van der Waals surface area contributed by atoms with E-state index in [9.17, 15) is 9.59 Å². The smallest absolute Gasteiger partial charge is 0.260 e. The van der Waals surface area contributed by atoms with Crippen LogP contribution >= 0.6 is 0 Å². The predicted molar refractivity (Wildman–Crippen MR) is 127 cm³/mol. The van der Waals surface area contributed by atoms with E-state index >= 15 is 0 Å². The average Bonchev–Trinajstić information content (AvgIpc) is 2.86. The van der Waals surface area contributed by atoms with Gasteiger partial charge >= 0.3 is 0 Å². The lowest BCUT2D eigenvalue weighted by atomic mass is 10.1. The third-order valence-electron chi connectivity index (χ3n) is 5.55. The van der Waals surface area contributed by atoms with Crippen LogP contribution < -0.4 is 14.2 Å². The Morgan fingerprint density at radius 3 is 2.42 bits per heavy atom. The van der Waals surface area contributed by atoms with Crippen molar-refractivity contribution < 1.29 is 23.8 Å². The number of likely N-dealkylation sites (tertiary alicyclic amines) is 1.